The fourth-order valence-electron chi connectivity index (χ4n) is 2.78. The van der Waals surface area contributed by atoms with Crippen molar-refractivity contribution in [2.45, 2.75) is 4.90 Å². The molecular formula is C17H17Cl3N4O4S. The number of carbonyl (C=O) groups excluding carboxylic acids is 1. The van der Waals surface area contributed by atoms with Crippen molar-refractivity contribution < 1.29 is 18.3 Å². The van der Waals surface area contributed by atoms with E-state index in [9.17, 15) is 18.3 Å². The number of nitrogens with zero attached hydrogens (tertiary/aromatic N) is 1. The molecule has 2 aromatic carbocycles. The summed E-state index contributed by atoms with van der Waals surface area (Å²) in [5.41, 5.74) is 0.123. The molecule has 8 nitrogen and oxygen atoms in total. The summed E-state index contributed by atoms with van der Waals surface area (Å²) >= 11 is 18.0. The highest BCUT2D eigenvalue weighted by atomic mass is 35.5. The monoisotopic (exact) mass is 478 g/mol. The van der Waals surface area contributed by atoms with Gasteiger partial charge in [-0.15, -0.1) is 0 Å². The highest BCUT2D eigenvalue weighted by Crippen LogP contribution is 2.38. The van der Waals surface area contributed by atoms with Crippen molar-refractivity contribution in [2.75, 3.05) is 36.8 Å². The summed E-state index contributed by atoms with van der Waals surface area (Å²) in [6.45, 7) is 1.45. The lowest BCUT2D eigenvalue weighted by molar-refractivity contribution is 0.262. The van der Waals surface area contributed by atoms with Crippen molar-refractivity contribution in [2.24, 2.45) is 0 Å². The highest BCUT2D eigenvalue weighted by Gasteiger charge is 2.32. The van der Waals surface area contributed by atoms with Gasteiger partial charge in [-0.2, -0.15) is 4.31 Å². The molecule has 2 amide bonds. The molecule has 4 N–H and O–H groups in total. The number of piperazine rings is 1. The molecule has 29 heavy (non-hydrogen) atoms. The molecule has 1 heterocycles. The summed E-state index contributed by atoms with van der Waals surface area (Å²) in [6, 6.07) is 6.53. The normalized spacial score (nSPS) is 15.1. The zero-order valence-corrected chi connectivity index (χ0v) is 18.0. The van der Waals surface area contributed by atoms with Gasteiger partial charge in [-0.3, -0.25) is 0 Å². The van der Waals surface area contributed by atoms with Crippen molar-refractivity contribution >= 4 is 62.2 Å². The molecule has 0 saturated carbocycles. The van der Waals surface area contributed by atoms with Crippen LogP contribution in [0.3, 0.4) is 0 Å². The Morgan fingerprint density at radius 1 is 1.00 bits per heavy atom. The van der Waals surface area contributed by atoms with Crippen molar-refractivity contribution in [1.82, 2.24) is 9.62 Å². The number of hydrogen-bond acceptors (Lipinski definition) is 5. The number of aromatic hydroxyl groups is 1. The van der Waals surface area contributed by atoms with Crippen LogP contribution in [0, 0.1) is 0 Å². The number of phenolic OH excluding ortho intramolecular Hbond substituents is 1. The van der Waals surface area contributed by atoms with Gasteiger partial charge in [0.05, 0.1) is 26.4 Å². The van der Waals surface area contributed by atoms with Crippen LogP contribution < -0.4 is 16.0 Å². The third kappa shape index (κ3) is 4.71. The Labute approximate surface area is 182 Å². The number of carbonyl (C=O) groups is 1. The van der Waals surface area contributed by atoms with Crippen LogP contribution >= 0.6 is 34.8 Å². The minimum absolute atomic E-state index is 0.126. The highest BCUT2D eigenvalue weighted by molar-refractivity contribution is 7.89. The molecule has 0 aliphatic carbocycles. The number of urea groups is 1. The summed E-state index contributed by atoms with van der Waals surface area (Å²) in [6.07, 6.45) is 0. The summed E-state index contributed by atoms with van der Waals surface area (Å²) in [5.74, 6) is -0.650. The van der Waals surface area contributed by atoms with Gasteiger partial charge in [0.1, 0.15) is 4.90 Å². The maximum atomic E-state index is 12.9. The molecule has 2 aromatic rings. The van der Waals surface area contributed by atoms with Crippen LogP contribution in [0.1, 0.15) is 0 Å². The Bertz CT molecular complexity index is 1040. The van der Waals surface area contributed by atoms with Crippen LogP contribution in [-0.4, -0.2) is 50.0 Å². The smallest absolute Gasteiger partial charge is 0.323 e. The number of halogens is 3. The lowest BCUT2D eigenvalue weighted by Crippen LogP contribution is -2.46. The molecular weight excluding hydrogens is 463 g/mol. The van der Waals surface area contributed by atoms with Gasteiger partial charge in [-0.25, -0.2) is 13.2 Å². The molecule has 0 atom stereocenters. The Hall–Kier alpha value is -1.75. The second-order valence-electron chi connectivity index (χ2n) is 6.11. The number of rotatable bonds is 4. The second-order valence-corrected chi connectivity index (χ2v) is 9.17. The number of hydrogen-bond donors (Lipinski definition) is 4. The minimum Gasteiger partial charge on any atom is -0.504 e. The van der Waals surface area contributed by atoms with E-state index in [4.69, 9.17) is 34.8 Å². The van der Waals surface area contributed by atoms with Gasteiger partial charge in [0.25, 0.3) is 0 Å². The molecule has 0 unspecified atom stereocenters. The van der Waals surface area contributed by atoms with E-state index in [2.05, 4.69) is 16.0 Å². The lowest BCUT2D eigenvalue weighted by Gasteiger charge is -2.27. The molecule has 1 fully saturated rings. The average molecular weight is 480 g/mol. The summed E-state index contributed by atoms with van der Waals surface area (Å²) < 4.78 is 27.1. The van der Waals surface area contributed by atoms with Gasteiger partial charge in [-0.05, 0) is 24.3 Å². The fourth-order valence-corrected chi connectivity index (χ4v) is 5.17. The van der Waals surface area contributed by atoms with E-state index >= 15 is 0 Å². The first-order chi connectivity index (χ1) is 13.7. The van der Waals surface area contributed by atoms with Gasteiger partial charge in [0, 0.05) is 26.2 Å². The van der Waals surface area contributed by atoms with E-state index in [1.54, 1.807) is 12.1 Å². The number of anilines is 2. The number of phenols is 1. The molecule has 1 aliphatic rings. The molecule has 3 rings (SSSR count). The Kier molecular flexibility index (Phi) is 6.77. The Balaban J connectivity index is 1.87. The minimum atomic E-state index is -4.05. The van der Waals surface area contributed by atoms with E-state index in [1.165, 1.54) is 22.5 Å². The van der Waals surface area contributed by atoms with Crippen LogP contribution in [0.15, 0.2) is 35.2 Å². The van der Waals surface area contributed by atoms with Crippen LogP contribution in [0.5, 0.6) is 5.75 Å². The third-order valence-electron chi connectivity index (χ3n) is 4.21. The zero-order valence-electron chi connectivity index (χ0n) is 14.9. The molecule has 0 bridgehead atoms. The summed E-state index contributed by atoms with van der Waals surface area (Å²) in [7, 11) is -4.05. The number of benzene rings is 2. The predicted octanol–water partition coefficient (Wildman–Crippen LogP) is 3.59. The van der Waals surface area contributed by atoms with E-state index in [0.717, 1.165) is 0 Å². The van der Waals surface area contributed by atoms with Crippen LogP contribution in [-0.2, 0) is 10.0 Å². The second kappa shape index (κ2) is 8.95. The predicted molar refractivity (Wildman–Crippen MR) is 114 cm³/mol. The van der Waals surface area contributed by atoms with Crippen molar-refractivity contribution in [3.63, 3.8) is 0 Å². The van der Waals surface area contributed by atoms with E-state index in [-0.39, 0.29) is 39.5 Å². The molecule has 0 spiro atoms. The van der Waals surface area contributed by atoms with Crippen LogP contribution in [0.2, 0.25) is 15.1 Å². The van der Waals surface area contributed by atoms with Crippen molar-refractivity contribution in [1.29, 1.82) is 0 Å². The molecule has 156 valence electrons. The zero-order chi connectivity index (χ0) is 21.2. The first-order valence-corrected chi connectivity index (χ1v) is 11.0. The SMILES string of the molecule is O=C(Nc1ccc(Cl)c(S(=O)(=O)N2CCNCC2)c1O)Nc1cccc(Cl)c1Cl. The van der Waals surface area contributed by atoms with Gasteiger partial charge in [0.15, 0.2) is 5.75 Å². The topological polar surface area (TPSA) is 111 Å². The summed E-state index contributed by atoms with van der Waals surface area (Å²) in [5, 5.41) is 18.7. The average Bonchev–Trinajstić information content (AvgIpc) is 2.68. The van der Waals surface area contributed by atoms with Gasteiger partial charge in [0.2, 0.25) is 10.0 Å². The van der Waals surface area contributed by atoms with Crippen molar-refractivity contribution in [3.05, 3.63) is 45.4 Å². The molecule has 0 radical (unpaired) electrons. The summed E-state index contributed by atoms with van der Waals surface area (Å²) in [4.78, 5) is 11.9. The number of amides is 2. The van der Waals surface area contributed by atoms with Crippen molar-refractivity contribution in [3.8, 4) is 5.75 Å². The molecule has 0 aromatic heterocycles. The maximum absolute atomic E-state index is 12.9. The number of nitrogens with one attached hydrogen (secondary N) is 3. The van der Waals surface area contributed by atoms with Gasteiger partial charge < -0.3 is 21.1 Å². The van der Waals surface area contributed by atoms with Crippen LogP contribution in [0.4, 0.5) is 16.2 Å². The maximum Gasteiger partial charge on any atom is 0.323 e. The Morgan fingerprint density at radius 3 is 2.34 bits per heavy atom. The third-order valence-corrected chi connectivity index (χ3v) is 7.43. The quantitative estimate of drug-likeness (QED) is 0.501. The fraction of sp³-hybridized carbons (Fsp3) is 0.235. The first-order valence-electron chi connectivity index (χ1n) is 8.46. The molecule has 1 saturated heterocycles. The molecule has 12 heteroatoms. The van der Waals surface area contributed by atoms with E-state index in [0.29, 0.717) is 13.1 Å². The first kappa shape index (κ1) is 21.9. The van der Waals surface area contributed by atoms with Crippen LogP contribution in [0.25, 0.3) is 0 Å². The number of sulfonamides is 1. The standard InChI is InChI=1S/C17H17Cl3N4O4S/c18-10-2-1-3-12(14(10)20)22-17(26)23-13-5-4-11(19)16(15(13)25)29(27,28)24-8-6-21-7-9-24/h1-5,21,25H,6-9H2,(H2,22,23,26). The van der Waals surface area contributed by atoms with Gasteiger partial charge in [-0.1, -0.05) is 40.9 Å². The van der Waals surface area contributed by atoms with Gasteiger partial charge >= 0.3 is 6.03 Å². The molecule has 1 aliphatic heterocycles. The lowest BCUT2D eigenvalue weighted by atomic mass is 10.3. The Morgan fingerprint density at radius 2 is 1.66 bits per heavy atom. The van der Waals surface area contributed by atoms with E-state index in [1.807, 2.05) is 0 Å². The van der Waals surface area contributed by atoms with E-state index < -0.39 is 26.7 Å². The largest absolute Gasteiger partial charge is 0.504 e.